The number of anilines is 1. The molecule has 0 radical (unpaired) electrons. The van der Waals surface area contributed by atoms with Crippen LogP contribution in [0.15, 0.2) is 47.1 Å². The monoisotopic (exact) mass is 235 g/mol. The van der Waals surface area contributed by atoms with Crippen LogP contribution in [0.5, 0.6) is 0 Å². The molecular weight excluding hydrogens is 222 g/mol. The van der Waals surface area contributed by atoms with Gasteiger partial charge in [-0.1, -0.05) is 24.6 Å². The number of furan rings is 1. The van der Waals surface area contributed by atoms with Gasteiger partial charge in [-0.15, -0.1) is 0 Å². The van der Waals surface area contributed by atoms with Crippen molar-refractivity contribution in [3.63, 3.8) is 0 Å². The van der Waals surface area contributed by atoms with Gasteiger partial charge in [-0.2, -0.15) is 0 Å². The zero-order valence-electron chi connectivity index (χ0n) is 9.11. The van der Waals surface area contributed by atoms with Crippen LogP contribution in [0.2, 0.25) is 5.02 Å². The molecule has 0 fully saturated rings. The maximum Gasteiger partial charge on any atom is 0.125 e. The van der Waals surface area contributed by atoms with Crippen LogP contribution in [-0.2, 0) is 0 Å². The largest absolute Gasteiger partial charge is 0.467 e. The lowest BCUT2D eigenvalue weighted by Crippen LogP contribution is -2.08. The van der Waals surface area contributed by atoms with Gasteiger partial charge in [0.15, 0.2) is 0 Å². The van der Waals surface area contributed by atoms with Gasteiger partial charge in [-0.05, 0) is 36.8 Å². The topological polar surface area (TPSA) is 25.2 Å². The van der Waals surface area contributed by atoms with Crippen LogP contribution in [0.1, 0.15) is 25.1 Å². The molecule has 1 unspecified atom stereocenters. The fourth-order valence-corrected chi connectivity index (χ4v) is 1.83. The first-order valence-electron chi connectivity index (χ1n) is 5.35. The SMILES string of the molecule is CCC(Nc1cccc(Cl)c1)c1ccco1. The van der Waals surface area contributed by atoms with Crippen molar-refractivity contribution >= 4 is 17.3 Å². The van der Waals surface area contributed by atoms with Crippen LogP contribution < -0.4 is 5.32 Å². The molecule has 0 aliphatic rings. The normalized spacial score (nSPS) is 12.4. The second kappa shape index (κ2) is 5.08. The van der Waals surface area contributed by atoms with Crippen molar-refractivity contribution in [2.45, 2.75) is 19.4 Å². The lowest BCUT2D eigenvalue weighted by Gasteiger charge is -2.16. The molecule has 1 atom stereocenters. The number of benzene rings is 1. The van der Waals surface area contributed by atoms with Gasteiger partial charge in [0.05, 0.1) is 12.3 Å². The summed E-state index contributed by atoms with van der Waals surface area (Å²) in [5.74, 6) is 0.947. The van der Waals surface area contributed by atoms with E-state index >= 15 is 0 Å². The highest BCUT2D eigenvalue weighted by Gasteiger charge is 2.11. The van der Waals surface area contributed by atoms with Gasteiger partial charge in [0.25, 0.3) is 0 Å². The van der Waals surface area contributed by atoms with Crippen LogP contribution in [0.4, 0.5) is 5.69 Å². The summed E-state index contributed by atoms with van der Waals surface area (Å²) in [5, 5.41) is 4.13. The Morgan fingerprint density at radius 2 is 2.19 bits per heavy atom. The third-order valence-corrected chi connectivity index (χ3v) is 2.70. The van der Waals surface area contributed by atoms with Crippen molar-refractivity contribution in [3.8, 4) is 0 Å². The minimum Gasteiger partial charge on any atom is -0.467 e. The Balaban J connectivity index is 2.13. The molecule has 1 aromatic carbocycles. The first-order chi connectivity index (χ1) is 7.79. The smallest absolute Gasteiger partial charge is 0.125 e. The minimum atomic E-state index is 0.188. The molecule has 0 amide bonds. The van der Waals surface area contributed by atoms with E-state index in [0.29, 0.717) is 0 Å². The molecule has 0 saturated carbocycles. The van der Waals surface area contributed by atoms with E-state index in [2.05, 4.69) is 12.2 Å². The fourth-order valence-electron chi connectivity index (χ4n) is 1.64. The van der Waals surface area contributed by atoms with E-state index in [-0.39, 0.29) is 6.04 Å². The lowest BCUT2D eigenvalue weighted by atomic mass is 10.1. The number of rotatable bonds is 4. The molecule has 3 heteroatoms. The first kappa shape index (κ1) is 11.1. The van der Waals surface area contributed by atoms with Gasteiger partial charge in [-0.3, -0.25) is 0 Å². The van der Waals surface area contributed by atoms with Gasteiger partial charge in [0.2, 0.25) is 0 Å². The number of halogens is 1. The molecule has 1 aromatic heterocycles. The van der Waals surface area contributed by atoms with Gasteiger partial charge < -0.3 is 9.73 Å². The summed E-state index contributed by atoms with van der Waals surface area (Å²) in [6, 6.07) is 11.8. The maximum absolute atomic E-state index is 5.93. The number of hydrogen-bond donors (Lipinski definition) is 1. The highest BCUT2D eigenvalue weighted by Crippen LogP contribution is 2.24. The lowest BCUT2D eigenvalue weighted by molar-refractivity contribution is 0.474. The Kier molecular flexibility index (Phi) is 3.52. The third-order valence-electron chi connectivity index (χ3n) is 2.46. The Morgan fingerprint density at radius 1 is 1.31 bits per heavy atom. The average molecular weight is 236 g/mol. The van der Waals surface area contributed by atoms with Crippen LogP contribution in [0.25, 0.3) is 0 Å². The first-order valence-corrected chi connectivity index (χ1v) is 5.73. The molecule has 0 spiro atoms. The molecular formula is C13H14ClNO. The van der Waals surface area contributed by atoms with Crippen LogP contribution in [0.3, 0.4) is 0 Å². The van der Waals surface area contributed by atoms with Crippen molar-refractivity contribution in [1.82, 2.24) is 0 Å². The van der Waals surface area contributed by atoms with Gasteiger partial charge in [-0.25, -0.2) is 0 Å². The van der Waals surface area contributed by atoms with E-state index in [1.165, 1.54) is 0 Å². The Morgan fingerprint density at radius 3 is 2.81 bits per heavy atom. The van der Waals surface area contributed by atoms with E-state index in [1.54, 1.807) is 6.26 Å². The van der Waals surface area contributed by atoms with Crippen molar-refractivity contribution in [1.29, 1.82) is 0 Å². The summed E-state index contributed by atoms with van der Waals surface area (Å²) < 4.78 is 5.39. The highest BCUT2D eigenvalue weighted by molar-refractivity contribution is 6.30. The fraction of sp³-hybridized carbons (Fsp3) is 0.231. The molecule has 0 aliphatic carbocycles. The quantitative estimate of drug-likeness (QED) is 0.844. The van der Waals surface area contributed by atoms with Crippen molar-refractivity contribution in [3.05, 3.63) is 53.4 Å². The van der Waals surface area contributed by atoms with E-state index < -0.39 is 0 Å². The van der Waals surface area contributed by atoms with Crippen LogP contribution in [-0.4, -0.2) is 0 Å². The number of nitrogens with one attached hydrogen (secondary N) is 1. The molecule has 2 aromatic rings. The van der Waals surface area contributed by atoms with Crippen LogP contribution in [0, 0.1) is 0 Å². The van der Waals surface area contributed by atoms with Gasteiger partial charge in [0, 0.05) is 10.7 Å². The summed E-state index contributed by atoms with van der Waals surface area (Å²) >= 11 is 5.93. The van der Waals surface area contributed by atoms with Crippen LogP contribution >= 0.6 is 11.6 Å². The molecule has 0 bridgehead atoms. The molecule has 1 heterocycles. The predicted octanol–water partition coefficient (Wildman–Crippen LogP) is 4.50. The molecule has 0 saturated heterocycles. The molecule has 84 valence electrons. The van der Waals surface area contributed by atoms with E-state index in [0.717, 1.165) is 22.9 Å². The summed E-state index contributed by atoms with van der Waals surface area (Å²) in [6.07, 6.45) is 2.65. The van der Waals surface area contributed by atoms with Gasteiger partial charge >= 0.3 is 0 Å². The Labute approximate surface area is 100 Å². The Bertz CT molecular complexity index is 439. The zero-order chi connectivity index (χ0) is 11.4. The van der Waals surface area contributed by atoms with Crippen molar-refractivity contribution in [2.75, 3.05) is 5.32 Å². The number of hydrogen-bond acceptors (Lipinski definition) is 2. The van der Waals surface area contributed by atoms with Crippen molar-refractivity contribution in [2.24, 2.45) is 0 Å². The highest BCUT2D eigenvalue weighted by atomic mass is 35.5. The van der Waals surface area contributed by atoms with Gasteiger partial charge in [0.1, 0.15) is 5.76 Å². The molecule has 2 nitrogen and oxygen atoms in total. The maximum atomic E-state index is 5.93. The summed E-state index contributed by atoms with van der Waals surface area (Å²) in [7, 11) is 0. The zero-order valence-corrected chi connectivity index (χ0v) is 9.87. The third kappa shape index (κ3) is 2.58. The molecule has 2 rings (SSSR count). The standard InChI is InChI=1S/C13H14ClNO/c1-2-12(13-7-4-8-16-13)15-11-6-3-5-10(14)9-11/h3-9,12,15H,2H2,1H3. The molecule has 1 N–H and O–H groups in total. The molecule has 16 heavy (non-hydrogen) atoms. The average Bonchev–Trinajstić information content (AvgIpc) is 2.79. The minimum absolute atomic E-state index is 0.188. The summed E-state index contributed by atoms with van der Waals surface area (Å²) in [4.78, 5) is 0. The summed E-state index contributed by atoms with van der Waals surface area (Å²) in [5.41, 5.74) is 1.01. The molecule has 0 aliphatic heterocycles. The van der Waals surface area contributed by atoms with E-state index in [4.69, 9.17) is 16.0 Å². The van der Waals surface area contributed by atoms with E-state index in [1.807, 2.05) is 36.4 Å². The second-order valence-electron chi connectivity index (χ2n) is 3.63. The van der Waals surface area contributed by atoms with E-state index in [9.17, 15) is 0 Å². The second-order valence-corrected chi connectivity index (χ2v) is 4.07. The Hall–Kier alpha value is -1.41. The summed E-state index contributed by atoms with van der Waals surface area (Å²) in [6.45, 7) is 2.12. The predicted molar refractivity (Wildman–Crippen MR) is 66.8 cm³/mol. The van der Waals surface area contributed by atoms with Crippen molar-refractivity contribution < 1.29 is 4.42 Å².